The van der Waals surface area contributed by atoms with E-state index in [2.05, 4.69) is 15.3 Å². The van der Waals surface area contributed by atoms with Gasteiger partial charge in [-0.1, -0.05) is 24.6 Å². The van der Waals surface area contributed by atoms with E-state index in [1.165, 1.54) is 12.1 Å². The second-order valence-corrected chi connectivity index (χ2v) is 9.75. The normalized spacial score (nSPS) is 18.8. The minimum absolute atomic E-state index is 0.0314. The Bertz CT molecular complexity index is 1340. The highest BCUT2D eigenvalue weighted by Crippen LogP contribution is 2.38. The summed E-state index contributed by atoms with van der Waals surface area (Å²) in [6.45, 7) is 5.33. The third-order valence-electron chi connectivity index (χ3n) is 6.82. The zero-order chi connectivity index (χ0) is 26.1. The Balaban J connectivity index is 1.36. The highest BCUT2D eigenvalue weighted by atomic mass is 35.5. The molecule has 192 valence electrons. The van der Waals surface area contributed by atoms with Gasteiger partial charge in [0.1, 0.15) is 23.5 Å². The van der Waals surface area contributed by atoms with E-state index < -0.39 is 11.8 Å². The first-order chi connectivity index (χ1) is 17.8. The number of hydrogen-bond acceptors (Lipinski definition) is 6. The van der Waals surface area contributed by atoms with Gasteiger partial charge in [-0.05, 0) is 55.7 Å². The number of urea groups is 1. The first kappa shape index (κ1) is 25.0. The summed E-state index contributed by atoms with van der Waals surface area (Å²) >= 11 is 5.83. The molecule has 2 aromatic carbocycles. The molecule has 1 N–H and O–H groups in total. The molecular formula is C27H27ClFN5O3. The van der Waals surface area contributed by atoms with Crippen molar-refractivity contribution in [3.05, 3.63) is 59.6 Å². The fraction of sp³-hybridized carbons (Fsp3) is 0.333. The zero-order valence-corrected chi connectivity index (χ0v) is 21.3. The number of nitrogens with one attached hydrogen (secondary N) is 1. The molecule has 0 radical (unpaired) electrons. The van der Waals surface area contributed by atoms with Crippen LogP contribution in [0.4, 0.5) is 26.5 Å². The molecule has 5 rings (SSSR count). The number of ketones is 1. The third kappa shape index (κ3) is 5.22. The average molecular weight is 524 g/mol. The van der Waals surface area contributed by atoms with Crippen LogP contribution in [0.25, 0.3) is 11.1 Å². The number of ether oxygens (including phenoxy) is 1. The zero-order valence-electron chi connectivity index (χ0n) is 20.6. The Hall–Kier alpha value is -3.72. The van der Waals surface area contributed by atoms with Crippen LogP contribution in [-0.4, -0.2) is 47.5 Å². The standard InChI is InChI=1S/C27H27ClFN5O3/c1-3-21-15-34(27(36)32-23-6-5-20(28)11-22(23)29)24-7-4-17(10-25(24)37-21)19-12-30-26(31-13-19)33-9-8-18(14-33)16(2)35/h4-7,10-13,18,21H,3,8-9,14-15H2,1-2H3,(H,32,36). The monoisotopic (exact) mass is 523 g/mol. The van der Waals surface area contributed by atoms with Gasteiger partial charge in [0.25, 0.3) is 0 Å². The van der Waals surface area contributed by atoms with Gasteiger partial charge in [-0.3, -0.25) is 9.69 Å². The van der Waals surface area contributed by atoms with Crippen molar-refractivity contribution in [1.29, 1.82) is 0 Å². The molecule has 2 aliphatic heterocycles. The highest BCUT2D eigenvalue weighted by Gasteiger charge is 2.30. The van der Waals surface area contributed by atoms with Gasteiger partial charge in [0.2, 0.25) is 5.95 Å². The number of hydrogen-bond donors (Lipinski definition) is 1. The third-order valence-corrected chi connectivity index (χ3v) is 7.06. The van der Waals surface area contributed by atoms with E-state index in [0.717, 1.165) is 30.2 Å². The second kappa shape index (κ2) is 10.3. The molecule has 2 atom stereocenters. The van der Waals surface area contributed by atoms with Crippen LogP contribution in [0.2, 0.25) is 5.02 Å². The number of fused-ring (bicyclic) bond motifs is 1. The highest BCUT2D eigenvalue weighted by molar-refractivity contribution is 6.30. The Morgan fingerprint density at radius 1 is 1.14 bits per heavy atom. The average Bonchev–Trinajstić information content (AvgIpc) is 3.40. The van der Waals surface area contributed by atoms with Crippen molar-refractivity contribution in [2.24, 2.45) is 5.92 Å². The number of rotatable bonds is 5. The number of amides is 2. The summed E-state index contributed by atoms with van der Waals surface area (Å²) in [4.78, 5) is 37.4. The largest absolute Gasteiger partial charge is 0.486 e. The van der Waals surface area contributed by atoms with E-state index in [-0.39, 0.29) is 28.5 Å². The van der Waals surface area contributed by atoms with Crippen LogP contribution in [0.1, 0.15) is 26.7 Å². The van der Waals surface area contributed by atoms with Crippen LogP contribution in [-0.2, 0) is 4.79 Å². The van der Waals surface area contributed by atoms with Gasteiger partial charge in [-0.15, -0.1) is 0 Å². The van der Waals surface area contributed by atoms with E-state index in [4.69, 9.17) is 16.3 Å². The molecule has 8 nitrogen and oxygen atoms in total. The van der Waals surface area contributed by atoms with Crippen LogP contribution < -0.4 is 19.9 Å². The van der Waals surface area contributed by atoms with Crippen molar-refractivity contribution in [2.45, 2.75) is 32.8 Å². The van der Waals surface area contributed by atoms with Crippen molar-refractivity contribution in [2.75, 3.05) is 34.8 Å². The van der Waals surface area contributed by atoms with Crippen molar-refractivity contribution in [3.8, 4) is 16.9 Å². The summed E-state index contributed by atoms with van der Waals surface area (Å²) < 4.78 is 20.4. The molecule has 3 heterocycles. The van der Waals surface area contributed by atoms with Crippen LogP contribution in [0.5, 0.6) is 5.75 Å². The SMILES string of the molecule is CCC1CN(C(=O)Nc2ccc(Cl)cc2F)c2ccc(-c3cnc(N4CCC(C(C)=O)C4)nc3)cc2O1. The molecule has 0 saturated carbocycles. The topological polar surface area (TPSA) is 87.7 Å². The number of halogens is 2. The van der Waals surface area contributed by atoms with Crippen LogP contribution in [0, 0.1) is 11.7 Å². The van der Waals surface area contributed by atoms with Crippen LogP contribution >= 0.6 is 11.6 Å². The van der Waals surface area contributed by atoms with Gasteiger partial charge in [0.05, 0.1) is 17.9 Å². The van der Waals surface area contributed by atoms with Crippen LogP contribution in [0.3, 0.4) is 0 Å². The number of Topliss-reactive ketones (excluding diaryl/α,β-unsaturated/α-hetero) is 1. The predicted octanol–water partition coefficient (Wildman–Crippen LogP) is 5.56. The molecule has 0 aliphatic carbocycles. The van der Waals surface area contributed by atoms with Gasteiger partial charge in [-0.25, -0.2) is 19.2 Å². The lowest BCUT2D eigenvalue weighted by Crippen LogP contribution is -2.45. The molecule has 37 heavy (non-hydrogen) atoms. The maximum Gasteiger partial charge on any atom is 0.326 e. The van der Waals surface area contributed by atoms with E-state index in [0.29, 0.717) is 36.9 Å². The maximum atomic E-state index is 14.3. The van der Waals surface area contributed by atoms with Gasteiger partial charge >= 0.3 is 6.03 Å². The van der Waals surface area contributed by atoms with Gasteiger partial charge in [0.15, 0.2) is 0 Å². The molecule has 1 saturated heterocycles. The molecule has 2 unspecified atom stereocenters. The first-order valence-corrected chi connectivity index (χ1v) is 12.6. The minimum atomic E-state index is -0.606. The lowest BCUT2D eigenvalue weighted by atomic mass is 10.1. The minimum Gasteiger partial charge on any atom is -0.486 e. The molecule has 1 aromatic heterocycles. The lowest BCUT2D eigenvalue weighted by Gasteiger charge is -2.34. The molecule has 0 spiro atoms. The number of nitrogens with zero attached hydrogens (tertiary/aromatic N) is 4. The van der Waals surface area contributed by atoms with Crippen molar-refractivity contribution in [1.82, 2.24) is 9.97 Å². The number of carbonyl (C=O) groups is 2. The van der Waals surface area contributed by atoms with Crippen LogP contribution in [0.15, 0.2) is 48.8 Å². The van der Waals surface area contributed by atoms with Crippen molar-refractivity contribution in [3.63, 3.8) is 0 Å². The van der Waals surface area contributed by atoms with E-state index in [1.807, 2.05) is 24.0 Å². The van der Waals surface area contributed by atoms with Gasteiger partial charge in [-0.2, -0.15) is 0 Å². The first-order valence-electron chi connectivity index (χ1n) is 12.2. The molecule has 3 aromatic rings. The molecule has 1 fully saturated rings. The van der Waals surface area contributed by atoms with E-state index in [1.54, 1.807) is 30.3 Å². The lowest BCUT2D eigenvalue weighted by molar-refractivity contribution is -0.120. The molecular weight excluding hydrogens is 497 g/mol. The summed E-state index contributed by atoms with van der Waals surface area (Å²) in [5, 5.41) is 2.89. The summed E-state index contributed by atoms with van der Waals surface area (Å²) in [5.74, 6) is 0.773. The summed E-state index contributed by atoms with van der Waals surface area (Å²) in [5.41, 5.74) is 2.28. The Labute approximate surface area is 219 Å². The maximum absolute atomic E-state index is 14.3. The van der Waals surface area contributed by atoms with E-state index >= 15 is 0 Å². The molecule has 2 amide bonds. The molecule has 10 heteroatoms. The summed E-state index contributed by atoms with van der Waals surface area (Å²) in [7, 11) is 0. The Kier molecular flexibility index (Phi) is 6.97. The predicted molar refractivity (Wildman–Crippen MR) is 141 cm³/mol. The van der Waals surface area contributed by atoms with Crippen molar-refractivity contribution >= 4 is 40.7 Å². The summed E-state index contributed by atoms with van der Waals surface area (Å²) in [6, 6.07) is 9.19. The van der Waals surface area contributed by atoms with Gasteiger partial charge < -0.3 is 15.0 Å². The number of anilines is 3. The number of benzene rings is 2. The number of aromatic nitrogens is 2. The summed E-state index contributed by atoms with van der Waals surface area (Å²) in [6.07, 6.45) is 4.79. The Morgan fingerprint density at radius 3 is 2.59 bits per heavy atom. The second-order valence-electron chi connectivity index (χ2n) is 9.31. The smallest absolute Gasteiger partial charge is 0.326 e. The molecule has 0 bridgehead atoms. The Morgan fingerprint density at radius 2 is 1.92 bits per heavy atom. The number of carbonyl (C=O) groups excluding carboxylic acids is 2. The fourth-order valence-corrected chi connectivity index (χ4v) is 4.77. The van der Waals surface area contributed by atoms with Crippen molar-refractivity contribution < 1.29 is 18.7 Å². The fourth-order valence-electron chi connectivity index (χ4n) is 4.62. The van der Waals surface area contributed by atoms with Gasteiger partial charge in [0, 0.05) is 42.0 Å². The van der Waals surface area contributed by atoms with E-state index in [9.17, 15) is 14.0 Å². The quantitative estimate of drug-likeness (QED) is 0.471. The molecule has 2 aliphatic rings.